The average molecular weight is 432 g/mol. The second-order valence-corrected chi connectivity index (χ2v) is 8.99. The fourth-order valence-corrected chi connectivity index (χ4v) is 5.82. The lowest BCUT2D eigenvalue weighted by atomic mass is 9.52. The molecule has 4 N–H and O–H groups in total. The number of aromatic hydroxyl groups is 1. The Morgan fingerprint density at radius 3 is 2.61 bits per heavy atom. The number of phenols is 1. The van der Waals surface area contributed by atoms with Gasteiger partial charge in [0.1, 0.15) is 11.9 Å². The lowest BCUT2D eigenvalue weighted by Gasteiger charge is -2.59. The van der Waals surface area contributed by atoms with E-state index in [1.807, 2.05) is 6.07 Å². The van der Waals surface area contributed by atoms with Crippen LogP contribution in [-0.4, -0.2) is 68.4 Å². The molecule has 2 fully saturated rings. The van der Waals surface area contributed by atoms with Gasteiger partial charge >= 0.3 is 5.97 Å². The number of carboxylic acids is 1. The Morgan fingerprint density at radius 1 is 1.26 bits per heavy atom. The van der Waals surface area contributed by atoms with Gasteiger partial charge in [-0.2, -0.15) is 0 Å². The number of aliphatic hydroxyl groups is 2. The Hall–Kier alpha value is -2.22. The number of aliphatic carboxylic acids is 1. The first-order valence-electron chi connectivity index (χ1n) is 11.0. The van der Waals surface area contributed by atoms with Gasteiger partial charge in [-0.05, 0) is 68.3 Å². The van der Waals surface area contributed by atoms with Gasteiger partial charge in [0, 0.05) is 18.0 Å². The standard InChI is InChI=1S/C19H25NO.C5H8O5/c1-2-10-20-11-9-19-8-4-3-5-16(19)18(20)12-14-6-7-15(21)13-17(14)19;1-2(6)3(7)4(8)5(9)10/h2,6-7,13,16,18,21H,1,3-5,8-12H2;3-4,7-8H,1H3,(H,9,10)/t16-,18+,19+;3-,4+/m00/s1. The lowest BCUT2D eigenvalue weighted by molar-refractivity contribution is -0.156. The third-order valence-electron chi connectivity index (χ3n) is 7.27. The van der Waals surface area contributed by atoms with Crippen LogP contribution in [0.4, 0.5) is 0 Å². The van der Waals surface area contributed by atoms with Crippen molar-refractivity contribution in [2.45, 2.75) is 69.1 Å². The summed E-state index contributed by atoms with van der Waals surface area (Å²) in [4.78, 5) is 22.7. The van der Waals surface area contributed by atoms with Crippen LogP contribution in [-0.2, 0) is 21.4 Å². The third-order valence-corrected chi connectivity index (χ3v) is 7.27. The minimum atomic E-state index is -2.02. The summed E-state index contributed by atoms with van der Waals surface area (Å²) in [6, 6.07) is 6.79. The monoisotopic (exact) mass is 431 g/mol. The molecule has 2 aliphatic carbocycles. The zero-order valence-corrected chi connectivity index (χ0v) is 18.0. The van der Waals surface area contributed by atoms with E-state index < -0.39 is 24.0 Å². The molecule has 1 saturated carbocycles. The zero-order valence-electron chi connectivity index (χ0n) is 18.0. The van der Waals surface area contributed by atoms with Gasteiger partial charge in [0.25, 0.3) is 0 Å². The number of hydrogen-bond donors (Lipinski definition) is 4. The second-order valence-electron chi connectivity index (χ2n) is 8.99. The normalized spacial score (nSPS) is 28.7. The van der Waals surface area contributed by atoms with E-state index >= 15 is 0 Å². The average Bonchev–Trinajstić information content (AvgIpc) is 2.75. The van der Waals surface area contributed by atoms with E-state index in [-0.39, 0.29) is 0 Å². The number of carbonyl (C=O) groups is 2. The van der Waals surface area contributed by atoms with Gasteiger partial charge in [-0.1, -0.05) is 25.0 Å². The van der Waals surface area contributed by atoms with Gasteiger partial charge in [-0.15, -0.1) is 6.58 Å². The van der Waals surface area contributed by atoms with Crippen LogP contribution in [0.2, 0.25) is 0 Å². The molecule has 1 aliphatic heterocycles. The van der Waals surface area contributed by atoms with Gasteiger partial charge < -0.3 is 20.4 Å². The molecule has 0 radical (unpaired) electrons. The number of hydrogen-bond acceptors (Lipinski definition) is 6. The maximum Gasteiger partial charge on any atom is 0.335 e. The van der Waals surface area contributed by atoms with Gasteiger partial charge in [0.2, 0.25) is 0 Å². The summed E-state index contributed by atoms with van der Waals surface area (Å²) in [7, 11) is 0. The number of benzene rings is 1. The summed E-state index contributed by atoms with van der Waals surface area (Å²) in [6.07, 6.45) is 6.00. The number of ketones is 1. The molecule has 1 aromatic carbocycles. The number of Topliss-reactive ketones (excluding diaryl/α,β-unsaturated/α-hetero) is 1. The van der Waals surface area contributed by atoms with Crippen molar-refractivity contribution in [3.8, 4) is 5.75 Å². The number of fused-ring (bicyclic) bond motifs is 1. The number of aliphatic hydroxyl groups excluding tert-OH is 2. The van der Waals surface area contributed by atoms with Crippen LogP contribution < -0.4 is 0 Å². The molecule has 0 unspecified atom stereocenters. The quantitative estimate of drug-likeness (QED) is 0.527. The Kier molecular flexibility index (Phi) is 7.19. The number of piperidine rings is 1. The molecule has 0 spiro atoms. The van der Waals surface area contributed by atoms with Crippen molar-refractivity contribution in [2.75, 3.05) is 13.1 Å². The van der Waals surface area contributed by atoms with Crippen molar-refractivity contribution < 1.29 is 30.0 Å². The van der Waals surface area contributed by atoms with Crippen LogP contribution in [0, 0.1) is 5.92 Å². The lowest BCUT2D eigenvalue weighted by Crippen LogP contribution is -2.60. The third kappa shape index (κ3) is 4.54. The first-order valence-corrected chi connectivity index (χ1v) is 11.0. The summed E-state index contributed by atoms with van der Waals surface area (Å²) in [5, 5.41) is 35.1. The van der Waals surface area contributed by atoms with Gasteiger partial charge in [-0.3, -0.25) is 9.69 Å². The summed E-state index contributed by atoms with van der Waals surface area (Å²) >= 11 is 0. The highest BCUT2D eigenvalue weighted by molar-refractivity contribution is 5.87. The molecule has 2 bridgehead atoms. The van der Waals surface area contributed by atoms with Gasteiger partial charge in [0.05, 0.1) is 0 Å². The summed E-state index contributed by atoms with van der Waals surface area (Å²) in [5.41, 5.74) is 3.29. The van der Waals surface area contributed by atoms with Crippen molar-refractivity contribution in [1.29, 1.82) is 0 Å². The van der Waals surface area contributed by atoms with E-state index in [1.54, 1.807) is 0 Å². The van der Waals surface area contributed by atoms with Crippen LogP contribution in [0.5, 0.6) is 5.75 Å². The highest BCUT2D eigenvalue weighted by atomic mass is 16.4. The van der Waals surface area contributed by atoms with E-state index in [4.69, 9.17) is 15.3 Å². The number of phenolic OH excluding ortho intramolecular Hbond substituents is 1. The Balaban J connectivity index is 0.000000233. The van der Waals surface area contributed by atoms with Crippen LogP contribution in [0.1, 0.15) is 50.2 Å². The molecule has 0 aromatic heterocycles. The minimum absolute atomic E-state index is 0.340. The Labute approximate surface area is 183 Å². The number of rotatable bonds is 5. The van der Waals surface area contributed by atoms with Crippen molar-refractivity contribution in [1.82, 2.24) is 4.90 Å². The molecule has 31 heavy (non-hydrogen) atoms. The molecule has 5 atom stereocenters. The Morgan fingerprint density at radius 2 is 2.00 bits per heavy atom. The molecular formula is C24H33NO6. The molecule has 4 rings (SSSR count). The maximum absolute atomic E-state index is 10.2. The maximum atomic E-state index is 10.2. The molecule has 170 valence electrons. The predicted octanol–water partition coefficient (Wildman–Crippen LogP) is 2.02. The molecule has 7 heteroatoms. The number of carboxylic acid groups (broad SMARTS) is 1. The van der Waals surface area contributed by atoms with E-state index in [9.17, 15) is 14.7 Å². The van der Waals surface area contributed by atoms with Crippen LogP contribution >= 0.6 is 0 Å². The molecular weight excluding hydrogens is 398 g/mol. The van der Waals surface area contributed by atoms with Crippen molar-refractivity contribution in [2.24, 2.45) is 5.92 Å². The minimum Gasteiger partial charge on any atom is -0.508 e. The molecule has 1 saturated heterocycles. The molecule has 7 nitrogen and oxygen atoms in total. The highest BCUT2D eigenvalue weighted by Gasteiger charge is 2.53. The summed E-state index contributed by atoms with van der Waals surface area (Å²) < 4.78 is 0. The van der Waals surface area contributed by atoms with E-state index in [0.717, 1.165) is 25.8 Å². The topological polar surface area (TPSA) is 118 Å². The smallest absolute Gasteiger partial charge is 0.335 e. The van der Waals surface area contributed by atoms with Crippen molar-refractivity contribution >= 4 is 11.8 Å². The van der Waals surface area contributed by atoms with Gasteiger partial charge in [-0.25, -0.2) is 4.79 Å². The zero-order chi connectivity index (χ0) is 22.8. The van der Waals surface area contributed by atoms with Gasteiger partial charge in [0.15, 0.2) is 11.9 Å². The number of nitrogens with zero attached hydrogens (tertiary/aromatic N) is 1. The molecule has 0 amide bonds. The summed E-state index contributed by atoms with van der Waals surface area (Å²) in [6.45, 7) is 7.14. The largest absolute Gasteiger partial charge is 0.508 e. The Bertz CT molecular complexity index is 821. The molecule has 3 aliphatic rings. The van der Waals surface area contributed by atoms with E-state index in [0.29, 0.717) is 17.2 Å². The SMILES string of the molecule is C=CCN1CC[C@]23CCCC[C@H]2[C@H]1Cc1ccc(O)cc13.CC(=O)[C@H](O)[C@@H](O)C(=O)O. The van der Waals surface area contributed by atoms with E-state index in [1.165, 1.54) is 49.8 Å². The van der Waals surface area contributed by atoms with Crippen LogP contribution in [0.25, 0.3) is 0 Å². The predicted molar refractivity (Wildman–Crippen MR) is 116 cm³/mol. The van der Waals surface area contributed by atoms with Crippen molar-refractivity contribution in [3.63, 3.8) is 0 Å². The first kappa shape index (κ1) is 23.4. The second kappa shape index (κ2) is 9.51. The molecule has 1 heterocycles. The first-order chi connectivity index (χ1) is 14.7. The molecule has 1 aromatic rings. The van der Waals surface area contributed by atoms with E-state index in [2.05, 4.69) is 29.7 Å². The fraction of sp³-hybridized carbons (Fsp3) is 0.583. The van der Waals surface area contributed by atoms with Crippen LogP contribution in [0.3, 0.4) is 0 Å². The number of likely N-dealkylation sites (tertiary alicyclic amines) is 1. The van der Waals surface area contributed by atoms with Crippen LogP contribution in [0.15, 0.2) is 30.9 Å². The van der Waals surface area contributed by atoms with Crippen molar-refractivity contribution in [3.05, 3.63) is 42.0 Å². The fourth-order valence-electron chi connectivity index (χ4n) is 5.82. The highest BCUT2D eigenvalue weighted by Crippen LogP contribution is 2.56. The number of carbonyl (C=O) groups excluding carboxylic acids is 1. The summed E-state index contributed by atoms with van der Waals surface area (Å²) in [5.74, 6) is -1.16.